The van der Waals surface area contributed by atoms with E-state index in [1.807, 2.05) is 20.8 Å². The summed E-state index contributed by atoms with van der Waals surface area (Å²) in [5.74, 6) is 0.937. The van der Waals surface area contributed by atoms with Crippen molar-refractivity contribution in [2.24, 2.45) is 5.92 Å². The van der Waals surface area contributed by atoms with Gasteiger partial charge in [0, 0.05) is 29.6 Å². The van der Waals surface area contributed by atoms with Gasteiger partial charge in [-0.25, -0.2) is 27.2 Å². The Morgan fingerprint density at radius 2 is 1.85 bits per heavy atom. The van der Waals surface area contributed by atoms with E-state index in [0.717, 1.165) is 31.2 Å². The average Bonchev–Trinajstić information content (AvgIpc) is 3.49. The third-order valence-electron chi connectivity index (χ3n) is 7.60. The van der Waals surface area contributed by atoms with E-state index >= 15 is 0 Å². The monoisotopic (exact) mass is 548 g/mol. The zero-order valence-electron chi connectivity index (χ0n) is 22.3. The van der Waals surface area contributed by atoms with Crippen LogP contribution in [0.15, 0.2) is 53.7 Å². The van der Waals surface area contributed by atoms with E-state index in [2.05, 4.69) is 15.6 Å². The molecule has 0 aliphatic heterocycles. The molecule has 11 heteroatoms. The van der Waals surface area contributed by atoms with Gasteiger partial charge in [0.15, 0.2) is 5.65 Å². The molecule has 1 saturated carbocycles. The Kier molecular flexibility index (Phi) is 6.84. The molecule has 0 unspecified atom stereocenters. The Balaban J connectivity index is 1.68. The molecule has 1 aromatic carbocycles. The molecule has 0 saturated heterocycles. The number of carbonyl (C=O) groups is 1. The number of fused-ring (bicyclic) bond motifs is 3. The standard InChI is InChI=1S/C28H32N6O4S/c1-28(2,3)32(27(35)36)18-24-31-23-17-30-26-22(14-16-33(26)39(37,38)21-7-5-4-6-8-21)25(23)34(24)20-11-9-19(10-12-20)13-15-29/h4-8,14,16-17,19-20H,9-13,18H2,1-3H3,(H,35,36). The minimum absolute atomic E-state index is 0.0373. The van der Waals surface area contributed by atoms with Crippen molar-refractivity contribution in [2.45, 2.75) is 75.9 Å². The molecule has 3 heterocycles. The van der Waals surface area contributed by atoms with Crippen LogP contribution >= 0.6 is 0 Å². The highest BCUT2D eigenvalue weighted by Gasteiger charge is 2.32. The molecule has 0 bridgehead atoms. The van der Waals surface area contributed by atoms with Gasteiger partial charge in [0.2, 0.25) is 0 Å². The fourth-order valence-electron chi connectivity index (χ4n) is 5.57. The summed E-state index contributed by atoms with van der Waals surface area (Å²) in [7, 11) is -3.88. The van der Waals surface area contributed by atoms with Gasteiger partial charge in [0.05, 0.1) is 29.2 Å². The predicted molar refractivity (Wildman–Crippen MR) is 147 cm³/mol. The van der Waals surface area contributed by atoms with Crippen LogP contribution < -0.4 is 0 Å². The molecule has 4 aromatic rings. The molecule has 1 N–H and O–H groups in total. The second kappa shape index (κ2) is 10.0. The Bertz CT molecular complexity index is 1670. The van der Waals surface area contributed by atoms with E-state index in [0.29, 0.717) is 34.7 Å². The van der Waals surface area contributed by atoms with Crippen LogP contribution in [0.4, 0.5) is 4.79 Å². The molecule has 5 rings (SSSR count). The summed E-state index contributed by atoms with van der Waals surface area (Å²) >= 11 is 0. The summed E-state index contributed by atoms with van der Waals surface area (Å²) in [6.45, 7) is 5.61. The predicted octanol–water partition coefficient (Wildman–Crippen LogP) is 5.55. The van der Waals surface area contributed by atoms with Crippen molar-refractivity contribution >= 4 is 38.2 Å². The third-order valence-corrected chi connectivity index (χ3v) is 9.28. The fraction of sp³-hybridized carbons (Fsp3) is 0.429. The molecule has 1 fully saturated rings. The first-order valence-electron chi connectivity index (χ1n) is 13.1. The summed E-state index contributed by atoms with van der Waals surface area (Å²) in [5, 5.41) is 19.8. The Morgan fingerprint density at radius 3 is 2.46 bits per heavy atom. The first kappa shape index (κ1) is 26.7. The minimum Gasteiger partial charge on any atom is -0.465 e. The van der Waals surface area contributed by atoms with Crippen molar-refractivity contribution in [1.29, 1.82) is 5.26 Å². The number of rotatable bonds is 6. The van der Waals surface area contributed by atoms with Crippen LogP contribution in [-0.4, -0.2) is 48.6 Å². The second-order valence-corrected chi connectivity index (χ2v) is 12.9. The number of hydrogen-bond donors (Lipinski definition) is 1. The molecule has 0 spiro atoms. The van der Waals surface area contributed by atoms with Gasteiger partial charge >= 0.3 is 6.09 Å². The van der Waals surface area contributed by atoms with Gasteiger partial charge in [-0.05, 0) is 70.6 Å². The molecule has 0 atom stereocenters. The number of imidazole rings is 1. The molecule has 0 radical (unpaired) electrons. The van der Waals surface area contributed by atoms with Gasteiger partial charge < -0.3 is 9.67 Å². The maximum Gasteiger partial charge on any atom is 0.408 e. The highest BCUT2D eigenvalue weighted by Crippen LogP contribution is 2.39. The van der Waals surface area contributed by atoms with Crippen molar-refractivity contribution in [3.63, 3.8) is 0 Å². The number of carboxylic acid groups (broad SMARTS) is 1. The number of pyridine rings is 1. The largest absolute Gasteiger partial charge is 0.465 e. The first-order chi connectivity index (χ1) is 18.5. The maximum atomic E-state index is 13.5. The van der Waals surface area contributed by atoms with E-state index in [9.17, 15) is 18.3 Å². The molecule has 1 amide bonds. The number of amides is 1. The quantitative estimate of drug-likeness (QED) is 0.334. The fourth-order valence-corrected chi connectivity index (χ4v) is 6.89. The van der Waals surface area contributed by atoms with Gasteiger partial charge in [-0.1, -0.05) is 18.2 Å². The molecular formula is C28H32N6O4S. The Morgan fingerprint density at radius 1 is 1.15 bits per heavy atom. The van der Waals surface area contributed by atoms with E-state index in [1.54, 1.807) is 42.6 Å². The average molecular weight is 549 g/mol. The van der Waals surface area contributed by atoms with Crippen LogP contribution in [-0.2, 0) is 16.6 Å². The number of aromatic nitrogens is 4. The highest BCUT2D eigenvalue weighted by atomic mass is 32.2. The van der Waals surface area contributed by atoms with Crippen LogP contribution in [0.5, 0.6) is 0 Å². The molecule has 1 aliphatic rings. The summed E-state index contributed by atoms with van der Waals surface area (Å²) in [4.78, 5) is 23.1. The minimum atomic E-state index is -3.88. The van der Waals surface area contributed by atoms with Crippen molar-refractivity contribution in [2.75, 3.05) is 0 Å². The van der Waals surface area contributed by atoms with E-state index in [4.69, 9.17) is 10.2 Å². The van der Waals surface area contributed by atoms with E-state index < -0.39 is 21.7 Å². The molecule has 10 nitrogen and oxygen atoms in total. The summed E-state index contributed by atoms with van der Waals surface area (Å²) in [6.07, 6.45) is 5.98. The lowest BCUT2D eigenvalue weighted by molar-refractivity contribution is 0.0922. The van der Waals surface area contributed by atoms with E-state index in [1.165, 1.54) is 15.1 Å². The normalized spacial score (nSPS) is 18.3. The van der Waals surface area contributed by atoms with Crippen LogP contribution in [0.2, 0.25) is 0 Å². The van der Waals surface area contributed by atoms with Gasteiger partial charge in [0.25, 0.3) is 10.0 Å². The second-order valence-electron chi connectivity index (χ2n) is 11.1. The molecule has 39 heavy (non-hydrogen) atoms. The van der Waals surface area contributed by atoms with Crippen LogP contribution in [0.1, 0.15) is 64.7 Å². The molecule has 1 aliphatic carbocycles. The number of nitriles is 1. The number of benzene rings is 1. The molecule has 3 aromatic heterocycles. The summed E-state index contributed by atoms with van der Waals surface area (Å²) < 4.78 is 30.2. The van der Waals surface area contributed by atoms with Crippen molar-refractivity contribution < 1.29 is 18.3 Å². The van der Waals surface area contributed by atoms with Crippen molar-refractivity contribution in [3.8, 4) is 6.07 Å². The van der Waals surface area contributed by atoms with Gasteiger partial charge in [-0.15, -0.1) is 0 Å². The van der Waals surface area contributed by atoms with Gasteiger partial charge in [-0.2, -0.15) is 5.26 Å². The van der Waals surface area contributed by atoms with Crippen LogP contribution in [0.3, 0.4) is 0 Å². The summed E-state index contributed by atoms with van der Waals surface area (Å²) in [5.41, 5.74) is 0.980. The van der Waals surface area contributed by atoms with Crippen molar-refractivity contribution in [1.82, 2.24) is 23.4 Å². The first-order valence-corrected chi connectivity index (χ1v) is 14.5. The highest BCUT2D eigenvalue weighted by molar-refractivity contribution is 7.90. The number of nitrogens with zero attached hydrogens (tertiary/aromatic N) is 6. The van der Waals surface area contributed by atoms with Crippen LogP contribution in [0.25, 0.3) is 22.1 Å². The third kappa shape index (κ3) is 4.85. The zero-order valence-corrected chi connectivity index (χ0v) is 23.1. The lowest BCUT2D eigenvalue weighted by atomic mass is 9.84. The Labute approximate surface area is 227 Å². The topological polar surface area (TPSA) is 134 Å². The number of hydrogen-bond acceptors (Lipinski definition) is 6. The molecule has 204 valence electrons. The Hall–Kier alpha value is -3.91. The lowest BCUT2D eigenvalue weighted by Gasteiger charge is -2.34. The lowest BCUT2D eigenvalue weighted by Crippen LogP contribution is -2.45. The van der Waals surface area contributed by atoms with Gasteiger partial charge in [0.1, 0.15) is 11.3 Å². The summed E-state index contributed by atoms with van der Waals surface area (Å²) in [6, 6.07) is 12.3. The smallest absolute Gasteiger partial charge is 0.408 e. The van der Waals surface area contributed by atoms with Gasteiger partial charge in [-0.3, -0.25) is 4.90 Å². The zero-order chi connectivity index (χ0) is 27.9. The molecular weight excluding hydrogens is 516 g/mol. The maximum absolute atomic E-state index is 13.5. The van der Waals surface area contributed by atoms with Crippen LogP contribution in [0, 0.1) is 17.2 Å². The SMILES string of the molecule is CC(C)(C)N(Cc1nc2cnc3c(ccn3S(=O)(=O)c3ccccc3)c2n1C1CCC(CC#N)CC1)C(=O)O. The van der Waals surface area contributed by atoms with Crippen molar-refractivity contribution in [3.05, 3.63) is 54.6 Å². The van der Waals surface area contributed by atoms with E-state index in [-0.39, 0.29) is 17.5 Å².